The van der Waals surface area contributed by atoms with E-state index in [1.807, 2.05) is 31.2 Å². The summed E-state index contributed by atoms with van der Waals surface area (Å²) in [6, 6.07) is 11.5. The fourth-order valence-electron chi connectivity index (χ4n) is 2.82. The highest BCUT2D eigenvalue weighted by Crippen LogP contribution is 2.29. The molecule has 0 fully saturated rings. The first-order valence-corrected chi connectivity index (χ1v) is 10.5. The van der Waals surface area contributed by atoms with Crippen molar-refractivity contribution >= 4 is 34.0 Å². The summed E-state index contributed by atoms with van der Waals surface area (Å²) in [5.74, 6) is -1.05. The van der Waals surface area contributed by atoms with Gasteiger partial charge in [0.1, 0.15) is 11.7 Å². The molecule has 32 heavy (non-hydrogen) atoms. The monoisotopic (exact) mass is 462 g/mol. The molecule has 0 aliphatic heterocycles. The molecule has 3 aromatic rings. The summed E-state index contributed by atoms with van der Waals surface area (Å²) in [4.78, 5) is 28.9. The van der Waals surface area contributed by atoms with Crippen molar-refractivity contribution in [2.24, 2.45) is 0 Å². The Hall–Kier alpha value is -3.40. The van der Waals surface area contributed by atoms with Gasteiger partial charge in [0, 0.05) is 17.6 Å². The number of rotatable bonds is 7. The van der Waals surface area contributed by atoms with Crippen LogP contribution in [0.2, 0.25) is 0 Å². The third-order valence-corrected chi connectivity index (χ3v) is 5.23. The van der Waals surface area contributed by atoms with Crippen molar-refractivity contribution in [3.8, 4) is 0 Å². The molecular formula is C22H21F3N4O2S. The molecule has 1 atom stereocenters. The predicted molar refractivity (Wildman–Crippen MR) is 117 cm³/mol. The minimum absolute atomic E-state index is 0.0930. The zero-order valence-electron chi connectivity index (χ0n) is 17.3. The summed E-state index contributed by atoms with van der Waals surface area (Å²) in [5.41, 5.74) is 1.59. The molecule has 1 aromatic heterocycles. The van der Waals surface area contributed by atoms with E-state index in [4.69, 9.17) is 0 Å². The molecule has 0 aliphatic carbocycles. The second-order valence-corrected chi connectivity index (χ2v) is 8.00. The molecule has 0 saturated carbocycles. The Balaban J connectivity index is 1.53. The van der Waals surface area contributed by atoms with Crippen LogP contribution < -0.4 is 16.0 Å². The van der Waals surface area contributed by atoms with Gasteiger partial charge in [-0.1, -0.05) is 24.3 Å². The summed E-state index contributed by atoms with van der Waals surface area (Å²) in [6.45, 7) is 3.35. The topological polar surface area (TPSA) is 83.1 Å². The highest BCUT2D eigenvalue weighted by molar-refractivity contribution is 7.14. The summed E-state index contributed by atoms with van der Waals surface area (Å²) in [5, 5.41) is 10.3. The van der Waals surface area contributed by atoms with Gasteiger partial charge in [0.05, 0.1) is 5.56 Å². The number of alkyl halides is 3. The normalized spacial score (nSPS) is 12.2. The van der Waals surface area contributed by atoms with Gasteiger partial charge in [-0.05, 0) is 49.2 Å². The van der Waals surface area contributed by atoms with Gasteiger partial charge >= 0.3 is 6.18 Å². The lowest BCUT2D eigenvalue weighted by molar-refractivity contribution is -0.137. The number of benzene rings is 2. The number of aryl methyl sites for hydroxylation is 1. The summed E-state index contributed by atoms with van der Waals surface area (Å²) in [7, 11) is 0. The lowest BCUT2D eigenvalue weighted by Crippen LogP contribution is -2.44. The summed E-state index contributed by atoms with van der Waals surface area (Å²) in [6.07, 6.45) is -4.46. The van der Waals surface area contributed by atoms with Crippen LogP contribution in [0.25, 0.3) is 0 Å². The molecule has 0 saturated heterocycles. The number of amides is 2. The molecule has 2 aromatic carbocycles. The second kappa shape index (κ2) is 9.82. The molecule has 0 aliphatic rings. The van der Waals surface area contributed by atoms with Crippen molar-refractivity contribution in [3.63, 3.8) is 0 Å². The molecule has 1 unspecified atom stereocenters. The quantitative estimate of drug-likeness (QED) is 0.477. The highest BCUT2D eigenvalue weighted by Gasteiger charge is 2.30. The third-order valence-electron chi connectivity index (χ3n) is 4.47. The Kier molecular flexibility index (Phi) is 7.14. The van der Waals surface area contributed by atoms with Crippen LogP contribution in [0.5, 0.6) is 0 Å². The van der Waals surface area contributed by atoms with Crippen molar-refractivity contribution in [1.82, 2.24) is 15.6 Å². The van der Waals surface area contributed by atoms with Gasteiger partial charge in [0.25, 0.3) is 5.91 Å². The third kappa shape index (κ3) is 6.30. The standard InChI is InChI=1S/C22H21F3N4O2S/c1-13-5-3-8-17(9-13)28-21-29-18(12-32-21)20(31)27-14(2)19(30)26-11-15-6-4-7-16(10-15)22(23,24)25/h3-10,12,14H,11H2,1-2H3,(H,26,30)(H,27,31)(H,28,29). The van der Waals surface area contributed by atoms with E-state index in [-0.39, 0.29) is 12.2 Å². The maximum Gasteiger partial charge on any atom is 0.416 e. The predicted octanol–water partition coefficient (Wildman–Crippen LogP) is 4.65. The van der Waals surface area contributed by atoms with Crippen LogP contribution in [0.3, 0.4) is 0 Å². The number of nitrogens with zero attached hydrogens (tertiary/aromatic N) is 1. The molecule has 3 N–H and O–H groups in total. The number of hydrogen-bond acceptors (Lipinski definition) is 5. The van der Waals surface area contributed by atoms with Crippen molar-refractivity contribution in [2.75, 3.05) is 5.32 Å². The van der Waals surface area contributed by atoms with E-state index in [1.54, 1.807) is 5.38 Å². The van der Waals surface area contributed by atoms with Gasteiger partial charge in [-0.25, -0.2) is 4.98 Å². The molecule has 10 heteroatoms. The van der Waals surface area contributed by atoms with Crippen molar-refractivity contribution in [3.05, 3.63) is 76.3 Å². The zero-order valence-corrected chi connectivity index (χ0v) is 18.1. The van der Waals surface area contributed by atoms with E-state index in [1.165, 1.54) is 30.4 Å². The maximum atomic E-state index is 12.8. The first-order valence-electron chi connectivity index (χ1n) is 9.66. The van der Waals surface area contributed by atoms with Gasteiger partial charge in [0.15, 0.2) is 5.13 Å². The number of halogens is 3. The van der Waals surface area contributed by atoms with Crippen LogP contribution >= 0.6 is 11.3 Å². The Morgan fingerprint density at radius 3 is 2.59 bits per heavy atom. The second-order valence-electron chi connectivity index (χ2n) is 7.14. The van der Waals surface area contributed by atoms with Crippen LogP contribution in [0.1, 0.15) is 34.1 Å². The number of thiazole rings is 1. The van der Waals surface area contributed by atoms with E-state index in [0.29, 0.717) is 10.7 Å². The van der Waals surface area contributed by atoms with Crippen LogP contribution in [0.15, 0.2) is 53.9 Å². The lowest BCUT2D eigenvalue weighted by atomic mass is 10.1. The smallest absolute Gasteiger partial charge is 0.350 e. The number of anilines is 2. The fraction of sp³-hybridized carbons (Fsp3) is 0.227. The molecule has 2 amide bonds. The van der Waals surface area contributed by atoms with Gasteiger partial charge in [0.2, 0.25) is 5.91 Å². The van der Waals surface area contributed by atoms with Gasteiger partial charge in [-0.3, -0.25) is 9.59 Å². The molecule has 6 nitrogen and oxygen atoms in total. The molecule has 1 heterocycles. The maximum absolute atomic E-state index is 12.8. The SMILES string of the molecule is Cc1cccc(Nc2nc(C(=O)NC(C)C(=O)NCc3cccc(C(F)(F)F)c3)cs2)c1. The molecule has 0 bridgehead atoms. The first-order chi connectivity index (χ1) is 15.1. The minimum Gasteiger partial charge on any atom is -0.350 e. The van der Waals surface area contributed by atoms with E-state index >= 15 is 0 Å². The fourth-order valence-corrected chi connectivity index (χ4v) is 3.53. The number of aromatic nitrogens is 1. The van der Waals surface area contributed by atoms with E-state index in [9.17, 15) is 22.8 Å². The molecule has 168 valence electrons. The zero-order chi connectivity index (χ0) is 23.3. The Bertz CT molecular complexity index is 1110. The highest BCUT2D eigenvalue weighted by atomic mass is 32.1. The average Bonchev–Trinajstić information content (AvgIpc) is 3.20. The summed E-state index contributed by atoms with van der Waals surface area (Å²) >= 11 is 1.25. The van der Waals surface area contributed by atoms with E-state index < -0.39 is 29.6 Å². The van der Waals surface area contributed by atoms with Crippen LogP contribution in [0, 0.1) is 6.92 Å². The Morgan fingerprint density at radius 1 is 1.12 bits per heavy atom. The number of nitrogens with one attached hydrogen (secondary N) is 3. The number of carbonyl (C=O) groups excluding carboxylic acids is 2. The molecule has 3 rings (SSSR count). The largest absolute Gasteiger partial charge is 0.416 e. The minimum atomic E-state index is -4.46. The van der Waals surface area contributed by atoms with Crippen LogP contribution in [-0.4, -0.2) is 22.8 Å². The van der Waals surface area contributed by atoms with Crippen molar-refractivity contribution in [1.29, 1.82) is 0 Å². The number of carbonyl (C=O) groups is 2. The molecular weight excluding hydrogens is 441 g/mol. The van der Waals surface area contributed by atoms with Gasteiger partial charge in [-0.15, -0.1) is 11.3 Å². The van der Waals surface area contributed by atoms with Crippen LogP contribution in [0.4, 0.5) is 24.0 Å². The Labute approximate surface area is 186 Å². The summed E-state index contributed by atoms with van der Waals surface area (Å²) < 4.78 is 38.4. The van der Waals surface area contributed by atoms with E-state index in [0.717, 1.165) is 23.4 Å². The average molecular weight is 462 g/mol. The van der Waals surface area contributed by atoms with Crippen molar-refractivity contribution < 1.29 is 22.8 Å². The van der Waals surface area contributed by atoms with Gasteiger partial charge in [-0.2, -0.15) is 13.2 Å². The Morgan fingerprint density at radius 2 is 1.88 bits per heavy atom. The van der Waals surface area contributed by atoms with Gasteiger partial charge < -0.3 is 16.0 Å². The number of hydrogen-bond donors (Lipinski definition) is 3. The van der Waals surface area contributed by atoms with Crippen LogP contribution in [-0.2, 0) is 17.5 Å². The molecule has 0 radical (unpaired) electrons. The van der Waals surface area contributed by atoms with E-state index in [2.05, 4.69) is 20.9 Å². The molecule has 0 spiro atoms. The van der Waals surface area contributed by atoms with Crippen molar-refractivity contribution in [2.45, 2.75) is 32.6 Å². The lowest BCUT2D eigenvalue weighted by Gasteiger charge is -2.14. The first kappa shape index (κ1) is 23.3.